The molecule has 2 heterocycles. The zero-order chi connectivity index (χ0) is 11.5. The van der Waals surface area contributed by atoms with Crippen LogP contribution in [0.5, 0.6) is 0 Å². The number of pyridine rings is 1. The van der Waals surface area contributed by atoms with E-state index in [0.29, 0.717) is 18.5 Å². The fraction of sp³-hybridized carbons (Fsp3) is 0.364. The van der Waals surface area contributed by atoms with Crippen molar-refractivity contribution in [1.82, 2.24) is 4.98 Å². The number of hydrogen-bond donors (Lipinski definition) is 1. The number of rotatable bonds is 1. The Morgan fingerprint density at radius 2 is 1.81 bits per heavy atom. The van der Waals surface area contributed by atoms with Gasteiger partial charge in [-0.05, 0) is 25.0 Å². The van der Waals surface area contributed by atoms with Crippen molar-refractivity contribution in [3.05, 3.63) is 18.3 Å². The van der Waals surface area contributed by atoms with Gasteiger partial charge in [-0.3, -0.25) is 9.59 Å². The average molecular weight is 219 g/mol. The monoisotopic (exact) mass is 219 g/mol. The summed E-state index contributed by atoms with van der Waals surface area (Å²) in [6, 6.07) is 3.30. The molecule has 1 aliphatic heterocycles. The van der Waals surface area contributed by atoms with Crippen molar-refractivity contribution in [2.75, 3.05) is 10.6 Å². The van der Waals surface area contributed by atoms with Crippen molar-refractivity contribution in [3.8, 4) is 0 Å². The highest BCUT2D eigenvalue weighted by atomic mass is 16.2. The van der Waals surface area contributed by atoms with E-state index in [1.165, 1.54) is 6.20 Å². The van der Waals surface area contributed by atoms with Crippen LogP contribution in [0.15, 0.2) is 18.3 Å². The number of aromatic nitrogens is 1. The van der Waals surface area contributed by atoms with Crippen molar-refractivity contribution in [3.63, 3.8) is 0 Å². The van der Waals surface area contributed by atoms with Crippen LogP contribution in [-0.2, 0) is 9.59 Å². The Labute approximate surface area is 93.3 Å². The first-order chi connectivity index (χ1) is 7.70. The minimum Gasteiger partial charge on any atom is -0.396 e. The first-order valence-corrected chi connectivity index (χ1v) is 5.26. The lowest BCUT2D eigenvalue weighted by atomic mass is 10.2. The van der Waals surface area contributed by atoms with E-state index >= 15 is 0 Å². The molecule has 1 aromatic heterocycles. The lowest BCUT2D eigenvalue weighted by molar-refractivity contribution is -0.125. The molecule has 2 rings (SSSR count). The molecule has 5 nitrogen and oxygen atoms in total. The number of nitrogen functional groups attached to an aromatic ring is 1. The quantitative estimate of drug-likeness (QED) is 0.717. The molecular weight excluding hydrogens is 206 g/mol. The van der Waals surface area contributed by atoms with Crippen LogP contribution in [-0.4, -0.2) is 16.8 Å². The summed E-state index contributed by atoms with van der Waals surface area (Å²) < 4.78 is 0. The highest BCUT2D eigenvalue weighted by molar-refractivity contribution is 6.16. The van der Waals surface area contributed by atoms with Crippen molar-refractivity contribution in [2.24, 2.45) is 0 Å². The van der Waals surface area contributed by atoms with Gasteiger partial charge in [-0.1, -0.05) is 0 Å². The SMILES string of the molecule is Nc1cccnc1N1C(=O)CCCCC1=O. The average Bonchev–Trinajstić information content (AvgIpc) is 2.42. The molecule has 0 saturated carbocycles. The highest BCUT2D eigenvalue weighted by Crippen LogP contribution is 2.24. The molecule has 84 valence electrons. The van der Waals surface area contributed by atoms with Gasteiger partial charge < -0.3 is 5.73 Å². The number of nitrogens with two attached hydrogens (primary N) is 1. The number of carbonyl (C=O) groups is 2. The predicted molar refractivity (Wildman–Crippen MR) is 59.6 cm³/mol. The Morgan fingerprint density at radius 3 is 2.38 bits per heavy atom. The van der Waals surface area contributed by atoms with Crippen LogP contribution in [0, 0.1) is 0 Å². The fourth-order valence-corrected chi connectivity index (χ4v) is 1.75. The molecule has 1 saturated heterocycles. The molecule has 16 heavy (non-hydrogen) atoms. The van der Waals surface area contributed by atoms with E-state index in [0.717, 1.165) is 17.7 Å². The summed E-state index contributed by atoms with van der Waals surface area (Å²) in [5, 5.41) is 0. The number of carbonyl (C=O) groups excluding carboxylic acids is 2. The number of imide groups is 1. The zero-order valence-electron chi connectivity index (χ0n) is 8.85. The van der Waals surface area contributed by atoms with Crippen molar-refractivity contribution in [1.29, 1.82) is 0 Å². The third-order valence-corrected chi connectivity index (χ3v) is 2.56. The second-order valence-corrected chi connectivity index (χ2v) is 3.75. The first-order valence-electron chi connectivity index (χ1n) is 5.26. The van der Waals surface area contributed by atoms with E-state index in [1.807, 2.05) is 0 Å². The van der Waals surface area contributed by atoms with Crippen LogP contribution >= 0.6 is 0 Å². The van der Waals surface area contributed by atoms with E-state index in [9.17, 15) is 9.59 Å². The summed E-state index contributed by atoms with van der Waals surface area (Å²) in [4.78, 5) is 28.7. The molecule has 0 atom stereocenters. The summed E-state index contributed by atoms with van der Waals surface area (Å²) in [5.74, 6) is -0.166. The third kappa shape index (κ3) is 1.88. The van der Waals surface area contributed by atoms with Crippen LogP contribution in [0.1, 0.15) is 25.7 Å². The third-order valence-electron chi connectivity index (χ3n) is 2.56. The van der Waals surface area contributed by atoms with E-state index in [2.05, 4.69) is 4.98 Å². The number of amides is 2. The van der Waals surface area contributed by atoms with Gasteiger partial charge in [0.2, 0.25) is 11.8 Å². The number of hydrogen-bond acceptors (Lipinski definition) is 4. The minimum atomic E-state index is -0.215. The molecule has 1 fully saturated rings. The minimum absolute atomic E-state index is 0.215. The first kappa shape index (κ1) is 10.6. The molecule has 0 aromatic carbocycles. The molecule has 0 bridgehead atoms. The normalized spacial score (nSPS) is 17.4. The molecule has 1 aromatic rings. The second-order valence-electron chi connectivity index (χ2n) is 3.75. The summed E-state index contributed by atoms with van der Waals surface area (Å²) in [7, 11) is 0. The van der Waals surface area contributed by atoms with Crippen LogP contribution in [0.3, 0.4) is 0 Å². The van der Waals surface area contributed by atoms with Crippen molar-refractivity contribution >= 4 is 23.3 Å². The Bertz CT molecular complexity index is 413. The van der Waals surface area contributed by atoms with E-state index < -0.39 is 0 Å². The molecule has 2 amide bonds. The van der Waals surface area contributed by atoms with Gasteiger partial charge in [-0.2, -0.15) is 0 Å². The Kier molecular flexibility index (Phi) is 2.85. The molecule has 0 aliphatic carbocycles. The maximum atomic E-state index is 11.8. The van der Waals surface area contributed by atoms with E-state index in [-0.39, 0.29) is 17.6 Å². The Balaban J connectivity index is 2.40. The van der Waals surface area contributed by atoms with Crippen LogP contribution < -0.4 is 10.6 Å². The summed E-state index contributed by atoms with van der Waals surface area (Å²) in [6.45, 7) is 0. The van der Waals surface area contributed by atoms with Crippen molar-refractivity contribution < 1.29 is 9.59 Å². The van der Waals surface area contributed by atoms with Gasteiger partial charge in [-0.15, -0.1) is 0 Å². The standard InChI is InChI=1S/C11H13N3O2/c12-8-4-3-7-13-11(8)14-9(15)5-1-2-6-10(14)16/h3-4,7H,1-2,5-6,12H2. The van der Waals surface area contributed by atoms with E-state index in [4.69, 9.17) is 5.73 Å². The summed E-state index contributed by atoms with van der Waals surface area (Å²) >= 11 is 0. The maximum absolute atomic E-state index is 11.8. The van der Waals surface area contributed by atoms with Gasteiger partial charge >= 0.3 is 0 Å². The predicted octanol–water partition coefficient (Wildman–Crippen LogP) is 1.10. The fourth-order valence-electron chi connectivity index (χ4n) is 1.75. The van der Waals surface area contributed by atoms with Crippen LogP contribution in [0.2, 0.25) is 0 Å². The largest absolute Gasteiger partial charge is 0.396 e. The number of nitrogens with zero attached hydrogens (tertiary/aromatic N) is 2. The second kappa shape index (κ2) is 4.30. The smallest absolute Gasteiger partial charge is 0.235 e. The molecule has 0 radical (unpaired) electrons. The van der Waals surface area contributed by atoms with E-state index in [1.54, 1.807) is 12.1 Å². The maximum Gasteiger partial charge on any atom is 0.235 e. The zero-order valence-corrected chi connectivity index (χ0v) is 8.85. The number of anilines is 2. The molecule has 0 spiro atoms. The summed E-state index contributed by atoms with van der Waals surface area (Å²) in [5.41, 5.74) is 6.07. The Morgan fingerprint density at radius 1 is 1.19 bits per heavy atom. The van der Waals surface area contributed by atoms with Crippen LogP contribution in [0.25, 0.3) is 0 Å². The molecule has 1 aliphatic rings. The van der Waals surface area contributed by atoms with Gasteiger partial charge in [0.05, 0.1) is 5.69 Å². The summed E-state index contributed by atoms with van der Waals surface area (Å²) in [6.07, 6.45) is 3.77. The van der Waals surface area contributed by atoms with Gasteiger partial charge in [0, 0.05) is 19.0 Å². The molecule has 5 heteroatoms. The molecular formula is C11H13N3O2. The van der Waals surface area contributed by atoms with Gasteiger partial charge in [0.25, 0.3) is 0 Å². The Hall–Kier alpha value is -1.91. The lowest BCUT2D eigenvalue weighted by Crippen LogP contribution is -2.36. The van der Waals surface area contributed by atoms with Gasteiger partial charge in [0.1, 0.15) is 0 Å². The molecule has 0 unspecified atom stereocenters. The van der Waals surface area contributed by atoms with Crippen molar-refractivity contribution in [2.45, 2.75) is 25.7 Å². The van der Waals surface area contributed by atoms with Gasteiger partial charge in [0.15, 0.2) is 5.82 Å². The van der Waals surface area contributed by atoms with Crippen LogP contribution in [0.4, 0.5) is 11.5 Å². The lowest BCUT2D eigenvalue weighted by Gasteiger charge is -2.18. The molecule has 2 N–H and O–H groups in total. The van der Waals surface area contributed by atoms with Gasteiger partial charge in [-0.25, -0.2) is 9.88 Å². The topological polar surface area (TPSA) is 76.3 Å². The highest BCUT2D eigenvalue weighted by Gasteiger charge is 2.27.